The van der Waals surface area contributed by atoms with Crippen LogP contribution < -0.4 is 14.4 Å². The van der Waals surface area contributed by atoms with Gasteiger partial charge in [0.05, 0.1) is 20.8 Å². The highest BCUT2D eigenvalue weighted by Gasteiger charge is 2.20. The Hall–Kier alpha value is -1.94. The van der Waals surface area contributed by atoms with E-state index in [2.05, 4.69) is 13.2 Å². The summed E-state index contributed by atoms with van der Waals surface area (Å²) in [6.07, 6.45) is 0. The van der Waals surface area contributed by atoms with Crippen molar-refractivity contribution in [1.82, 2.24) is 0 Å². The van der Waals surface area contributed by atoms with Gasteiger partial charge in [0.1, 0.15) is 17.2 Å². The second kappa shape index (κ2) is 6.85. The Balaban J connectivity index is 3.36. The van der Waals surface area contributed by atoms with Gasteiger partial charge in [0.25, 0.3) is 0 Å². The van der Waals surface area contributed by atoms with Gasteiger partial charge in [0.15, 0.2) is 0 Å². The number of allylic oxidation sites excluding steroid dienone is 1. The minimum atomic E-state index is 0.397. The molecule has 0 heterocycles. The Morgan fingerprint density at radius 3 is 2.00 bits per heavy atom. The maximum absolute atomic E-state index is 5.40. The predicted octanol–water partition coefficient (Wildman–Crippen LogP) is 3.20. The Bertz CT molecular complexity index is 446. The van der Waals surface area contributed by atoms with Crippen LogP contribution in [-0.4, -0.2) is 27.9 Å². The van der Waals surface area contributed by atoms with Gasteiger partial charge in [-0.15, -0.1) is 0 Å². The molecule has 0 aliphatic heterocycles. The summed E-state index contributed by atoms with van der Waals surface area (Å²) in [5.41, 5.74) is 2.35. The summed E-state index contributed by atoms with van der Waals surface area (Å²) in [6, 6.07) is 5.61. The zero-order valence-electron chi connectivity index (χ0n) is 12.0. The van der Waals surface area contributed by atoms with Crippen molar-refractivity contribution in [2.24, 2.45) is 0 Å². The SMILES string of the molecule is C=C(C)N(C(=C)COC)c1c(OC)cccc1OC. The van der Waals surface area contributed by atoms with E-state index < -0.39 is 0 Å². The Morgan fingerprint density at radius 1 is 1.11 bits per heavy atom. The molecule has 0 saturated carbocycles. The first-order chi connectivity index (χ1) is 9.06. The van der Waals surface area contributed by atoms with E-state index in [9.17, 15) is 0 Å². The molecule has 0 spiro atoms. The summed E-state index contributed by atoms with van der Waals surface area (Å²) in [4.78, 5) is 1.88. The number of para-hydroxylation sites is 1. The van der Waals surface area contributed by atoms with Gasteiger partial charge in [-0.1, -0.05) is 19.2 Å². The Kier molecular flexibility index (Phi) is 5.45. The van der Waals surface area contributed by atoms with Crippen LogP contribution >= 0.6 is 0 Å². The van der Waals surface area contributed by atoms with Crippen molar-refractivity contribution >= 4 is 5.69 Å². The molecule has 0 amide bonds. The monoisotopic (exact) mass is 263 g/mol. The highest BCUT2D eigenvalue weighted by Crippen LogP contribution is 2.40. The normalized spacial score (nSPS) is 9.89. The van der Waals surface area contributed by atoms with E-state index in [1.54, 1.807) is 21.3 Å². The number of hydrogen-bond acceptors (Lipinski definition) is 4. The average Bonchev–Trinajstić information content (AvgIpc) is 2.39. The topological polar surface area (TPSA) is 30.9 Å². The average molecular weight is 263 g/mol. The van der Waals surface area contributed by atoms with E-state index in [1.165, 1.54) is 0 Å². The molecule has 0 atom stereocenters. The molecule has 0 saturated heterocycles. The second-order valence-corrected chi connectivity index (χ2v) is 4.08. The molecule has 0 fully saturated rings. The van der Waals surface area contributed by atoms with E-state index in [4.69, 9.17) is 14.2 Å². The van der Waals surface area contributed by atoms with Crippen LogP contribution in [0.4, 0.5) is 5.69 Å². The summed E-state index contributed by atoms with van der Waals surface area (Å²) in [5.74, 6) is 1.39. The molecule has 0 bridgehead atoms. The molecule has 19 heavy (non-hydrogen) atoms. The van der Waals surface area contributed by atoms with Crippen LogP contribution in [0.1, 0.15) is 6.92 Å². The summed E-state index contributed by atoms with van der Waals surface area (Å²) in [7, 11) is 4.86. The quantitative estimate of drug-likeness (QED) is 0.756. The van der Waals surface area contributed by atoms with Crippen LogP contribution in [0.25, 0.3) is 0 Å². The molecule has 0 aromatic heterocycles. The largest absolute Gasteiger partial charge is 0.494 e. The summed E-state index contributed by atoms with van der Waals surface area (Å²) >= 11 is 0. The van der Waals surface area contributed by atoms with Crippen LogP contribution in [0.2, 0.25) is 0 Å². The number of rotatable bonds is 7. The summed E-state index contributed by atoms with van der Waals surface area (Å²) in [5, 5.41) is 0. The molecule has 1 rings (SSSR count). The van der Waals surface area contributed by atoms with Gasteiger partial charge in [-0.2, -0.15) is 0 Å². The standard InChI is InChI=1S/C15H21NO3/c1-11(2)16(12(3)10-17-4)15-13(18-5)8-7-9-14(15)19-6/h7-9H,1,3,10H2,2,4-6H3. The fourth-order valence-electron chi connectivity index (χ4n) is 1.90. The fourth-order valence-corrected chi connectivity index (χ4v) is 1.90. The summed E-state index contributed by atoms with van der Waals surface area (Å²) in [6.45, 7) is 10.3. The van der Waals surface area contributed by atoms with Crippen molar-refractivity contribution in [1.29, 1.82) is 0 Å². The molecule has 104 valence electrons. The Labute approximate surface area is 114 Å². The number of benzene rings is 1. The number of anilines is 1. The minimum Gasteiger partial charge on any atom is -0.494 e. The lowest BCUT2D eigenvalue weighted by molar-refractivity contribution is 0.224. The van der Waals surface area contributed by atoms with E-state index in [0.717, 1.165) is 17.1 Å². The van der Waals surface area contributed by atoms with E-state index in [1.807, 2.05) is 30.0 Å². The van der Waals surface area contributed by atoms with E-state index in [0.29, 0.717) is 18.1 Å². The van der Waals surface area contributed by atoms with Gasteiger partial charge in [-0.3, -0.25) is 0 Å². The first-order valence-electron chi connectivity index (χ1n) is 5.90. The maximum atomic E-state index is 5.40. The molecule has 1 aromatic carbocycles. The highest BCUT2D eigenvalue weighted by molar-refractivity contribution is 5.73. The third kappa shape index (κ3) is 3.29. The fraction of sp³-hybridized carbons (Fsp3) is 0.333. The lowest BCUT2D eigenvalue weighted by Crippen LogP contribution is -2.23. The number of nitrogens with zero attached hydrogens (tertiary/aromatic N) is 1. The van der Waals surface area contributed by atoms with Gasteiger partial charge < -0.3 is 19.1 Å². The van der Waals surface area contributed by atoms with Crippen LogP contribution in [0.5, 0.6) is 11.5 Å². The van der Waals surface area contributed by atoms with Gasteiger partial charge in [-0.05, 0) is 19.1 Å². The molecule has 0 aliphatic carbocycles. The number of ether oxygens (including phenoxy) is 3. The molecular weight excluding hydrogens is 242 g/mol. The highest BCUT2D eigenvalue weighted by atomic mass is 16.5. The first-order valence-corrected chi connectivity index (χ1v) is 5.90. The number of methoxy groups -OCH3 is 3. The van der Waals surface area contributed by atoms with Crippen molar-refractivity contribution < 1.29 is 14.2 Å². The Morgan fingerprint density at radius 2 is 1.63 bits per heavy atom. The summed E-state index contributed by atoms with van der Waals surface area (Å²) < 4.78 is 15.9. The molecule has 4 nitrogen and oxygen atoms in total. The van der Waals surface area contributed by atoms with Crippen LogP contribution in [0, 0.1) is 0 Å². The molecule has 4 heteroatoms. The number of hydrogen-bond donors (Lipinski definition) is 0. The van der Waals surface area contributed by atoms with Crippen molar-refractivity contribution in [2.75, 3.05) is 32.8 Å². The predicted molar refractivity (Wildman–Crippen MR) is 77.9 cm³/mol. The van der Waals surface area contributed by atoms with Gasteiger partial charge in [0, 0.05) is 18.5 Å². The molecule has 0 aliphatic rings. The molecule has 0 unspecified atom stereocenters. The van der Waals surface area contributed by atoms with Crippen molar-refractivity contribution in [3.8, 4) is 11.5 Å². The van der Waals surface area contributed by atoms with Crippen LogP contribution in [0.15, 0.2) is 42.8 Å². The van der Waals surface area contributed by atoms with E-state index >= 15 is 0 Å². The minimum absolute atomic E-state index is 0.397. The lowest BCUT2D eigenvalue weighted by Gasteiger charge is -2.29. The zero-order valence-corrected chi connectivity index (χ0v) is 12.0. The molecule has 0 radical (unpaired) electrons. The van der Waals surface area contributed by atoms with Crippen molar-refractivity contribution in [3.05, 3.63) is 42.8 Å². The third-order valence-corrected chi connectivity index (χ3v) is 2.63. The maximum Gasteiger partial charge on any atom is 0.146 e. The van der Waals surface area contributed by atoms with Crippen LogP contribution in [-0.2, 0) is 4.74 Å². The smallest absolute Gasteiger partial charge is 0.146 e. The zero-order chi connectivity index (χ0) is 14.4. The van der Waals surface area contributed by atoms with Gasteiger partial charge in [-0.25, -0.2) is 0 Å². The first kappa shape index (κ1) is 15.1. The van der Waals surface area contributed by atoms with Gasteiger partial charge in [0.2, 0.25) is 0 Å². The lowest BCUT2D eigenvalue weighted by atomic mass is 10.2. The van der Waals surface area contributed by atoms with Crippen molar-refractivity contribution in [3.63, 3.8) is 0 Å². The second-order valence-electron chi connectivity index (χ2n) is 4.08. The van der Waals surface area contributed by atoms with Crippen LogP contribution in [0.3, 0.4) is 0 Å². The van der Waals surface area contributed by atoms with Crippen molar-refractivity contribution in [2.45, 2.75) is 6.92 Å². The van der Waals surface area contributed by atoms with E-state index in [-0.39, 0.29) is 0 Å². The molecule has 0 N–H and O–H groups in total. The van der Waals surface area contributed by atoms with Gasteiger partial charge >= 0.3 is 0 Å². The molecular formula is C15H21NO3. The third-order valence-electron chi connectivity index (χ3n) is 2.63. The molecule has 1 aromatic rings.